The van der Waals surface area contributed by atoms with E-state index in [4.69, 9.17) is 23.7 Å². The highest BCUT2D eigenvalue weighted by Gasteiger charge is 2.52. The van der Waals surface area contributed by atoms with Gasteiger partial charge >= 0.3 is 23.9 Å². The van der Waals surface area contributed by atoms with Gasteiger partial charge in [-0.25, -0.2) is 0 Å². The van der Waals surface area contributed by atoms with Crippen LogP contribution in [0.2, 0.25) is 0 Å². The fourth-order valence-electron chi connectivity index (χ4n) is 2.91. The molecule has 30 heavy (non-hydrogen) atoms. The van der Waals surface area contributed by atoms with Crippen LogP contribution in [0.25, 0.3) is 0 Å². The van der Waals surface area contributed by atoms with Gasteiger partial charge in [0.1, 0.15) is 18.1 Å². The highest BCUT2D eigenvalue weighted by molar-refractivity contribution is 7.99. The third kappa shape index (κ3) is 9.17. The smallest absolute Gasteiger partial charge is 0.303 e. The van der Waals surface area contributed by atoms with Crippen LogP contribution in [0.3, 0.4) is 0 Å². The summed E-state index contributed by atoms with van der Waals surface area (Å²) in [6.07, 6.45) is 0.361. The standard InChI is InChI=1S/C20H30O9S/c1-6-7-8-9-10-30-20-19(28-15(5)24)18(27-14(4)23)17(26-13(3)22)16(29-20)11-25-12(2)21/h6,16-20H,1,7-11H2,2-5H3/t16-,17+,18+,19-,20-/m1/s1. The van der Waals surface area contributed by atoms with Crippen LogP contribution in [0, 0.1) is 0 Å². The molecule has 0 aliphatic carbocycles. The highest BCUT2D eigenvalue weighted by atomic mass is 32.2. The summed E-state index contributed by atoms with van der Waals surface area (Å²) < 4.78 is 27.2. The zero-order valence-corrected chi connectivity index (χ0v) is 18.6. The van der Waals surface area contributed by atoms with E-state index in [0.717, 1.165) is 19.3 Å². The van der Waals surface area contributed by atoms with Crippen molar-refractivity contribution in [2.45, 2.75) is 76.8 Å². The quantitative estimate of drug-likeness (QED) is 0.202. The van der Waals surface area contributed by atoms with E-state index in [1.54, 1.807) is 0 Å². The van der Waals surface area contributed by atoms with Crippen molar-refractivity contribution in [1.29, 1.82) is 0 Å². The third-order valence-corrected chi connectivity index (χ3v) is 5.27. The molecule has 0 aromatic rings. The second kappa shape index (κ2) is 13.3. The average molecular weight is 447 g/mol. The molecule has 0 unspecified atom stereocenters. The number of carbonyl (C=O) groups is 4. The zero-order chi connectivity index (χ0) is 22.7. The van der Waals surface area contributed by atoms with Crippen molar-refractivity contribution in [3.63, 3.8) is 0 Å². The molecule has 0 radical (unpaired) electrons. The Morgan fingerprint density at radius 3 is 1.97 bits per heavy atom. The van der Waals surface area contributed by atoms with Gasteiger partial charge in [0.25, 0.3) is 0 Å². The molecule has 0 amide bonds. The lowest BCUT2D eigenvalue weighted by Crippen LogP contribution is -2.61. The molecular weight excluding hydrogens is 416 g/mol. The minimum absolute atomic E-state index is 0.217. The Morgan fingerprint density at radius 1 is 0.867 bits per heavy atom. The predicted molar refractivity (Wildman–Crippen MR) is 108 cm³/mol. The second-order valence-corrected chi connectivity index (χ2v) is 7.93. The van der Waals surface area contributed by atoms with Crippen molar-refractivity contribution in [2.24, 2.45) is 0 Å². The van der Waals surface area contributed by atoms with Gasteiger partial charge in [0.05, 0.1) is 0 Å². The maximum Gasteiger partial charge on any atom is 0.303 e. The van der Waals surface area contributed by atoms with Crippen molar-refractivity contribution < 1.29 is 42.9 Å². The average Bonchev–Trinajstić information content (AvgIpc) is 2.63. The van der Waals surface area contributed by atoms with Crippen LogP contribution in [-0.4, -0.2) is 66.1 Å². The molecule has 0 bridgehead atoms. The van der Waals surface area contributed by atoms with Crippen LogP contribution < -0.4 is 0 Å². The van der Waals surface area contributed by atoms with Crippen molar-refractivity contribution in [1.82, 2.24) is 0 Å². The van der Waals surface area contributed by atoms with Crippen LogP contribution >= 0.6 is 11.8 Å². The molecule has 0 aromatic heterocycles. The minimum atomic E-state index is -1.12. The molecule has 10 heteroatoms. The third-order valence-electron chi connectivity index (χ3n) is 4.03. The van der Waals surface area contributed by atoms with E-state index in [1.807, 2.05) is 6.08 Å². The SMILES string of the molecule is C=CCCCCS[C@H]1O[C@H](COC(C)=O)[C@H](OC(C)=O)[C@H](OC(C)=O)[C@H]1OC(C)=O. The first kappa shape index (κ1) is 26.0. The van der Waals surface area contributed by atoms with Gasteiger partial charge in [-0.1, -0.05) is 6.08 Å². The summed E-state index contributed by atoms with van der Waals surface area (Å²) in [4.78, 5) is 46.4. The number of esters is 4. The number of rotatable bonds is 11. The Bertz CT molecular complexity index is 621. The maximum atomic E-state index is 11.7. The first-order valence-electron chi connectivity index (χ1n) is 9.68. The molecule has 0 N–H and O–H groups in total. The number of hydrogen-bond donors (Lipinski definition) is 0. The fourth-order valence-corrected chi connectivity index (χ4v) is 4.14. The molecule has 5 atom stereocenters. The lowest BCUT2D eigenvalue weighted by atomic mass is 9.99. The van der Waals surface area contributed by atoms with Gasteiger partial charge in [-0.3, -0.25) is 19.2 Å². The summed E-state index contributed by atoms with van der Waals surface area (Å²) in [7, 11) is 0. The van der Waals surface area contributed by atoms with E-state index in [-0.39, 0.29) is 6.61 Å². The number of ether oxygens (including phenoxy) is 5. The molecule has 1 aliphatic rings. The molecule has 0 aromatic carbocycles. The van der Waals surface area contributed by atoms with E-state index >= 15 is 0 Å². The largest absolute Gasteiger partial charge is 0.463 e. The summed E-state index contributed by atoms with van der Waals surface area (Å²) in [6, 6.07) is 0. The molecule has 1 fully saturated rings. The first-order valence-corrected chi connectivity index (χ1v) is 10.7. The molecule has 0 spiro atoms. The lowest BCUT2D eigenvalue weighted by Gasteiger charge is -2.44. The van der Waals surface area contributed by atoms with Crippen molar-refractivity contribution >= 4 is 35.6 Å². The van der Waals surface area contributed by atoms with Crippen molar-refractivity contribution in [2.75, 3.05) is 12.4 Å². The Balaban J connectivity index is 3.14. The molecule has 1 rings (SSSR count). The van der Waals surface area contributed by atoms with E-state index in [2.05, 4.69) is 6.58 Å². The molecule has 0 saturated carbocycles. The molecule has 1 heterocycles. The summed E-state index contributed by atoms with van der Waals surface area (Å²) >= 11 is 1.38. The van der Waals surface area contributed by atoms with Crippen LogP contribution in [0.15, 0.2) is 12.7 Å². The van der Waals surface area contributed by atoms with Gasteiger partial charge in [-0.15, -0.1) is 18.3 Å². The van der Waals surface area contributed by atoms with Crippen LogP contribution in [-0.2, 0) is 42.9 Å². The van der Waals surface area contributed by atoms with Crippen LogP contribution in [0.5, 0.6) is 0 Å². The monoisotopic (exact) mass is 446 g/mol. The normalized spacial score (nSPS) is 25.7. The number of carbonyl (C=O) groups excluding carboxylic acids is 4. The summed E-state index contributed by atoms with van der Waals surface area (Å²) in [6.45, 7) is 8.32. The number of thioether (sulfide) groups is 1. The highest BCUT2D eigenvalue weighted by Crippen LogP contribution is 2.34. The Labute approximate surface area is 180 Å². The fraction of sp³-hybridized carbons (Fsp3) is 0.700. The first-order chi connectivity index (χ1) is 14.1. The summed E-state index contributed by atoms with van der Waals surface area (Å²) in [5, 5.41) is 0. The summed E-state index contributed by atoms with van der Waals surface area (Å²) in [5.74, 6) is -1.75. The Kier molecular flexibility index (Phi) is 11.5. The number of allylic oxidation sites excluding steroid dienone is 1. The lowest BCUT2D eigenvalue weighted by molar-refractivity contribution is -0.237. The minimum Gasteiger partial charge on any atom is -0.463 e. The van der Waals surface area contributed by atoms with Gasteiger partial charge in [0.15, 0.2) is 18.3 Å². The van der Waals surface area contributed by atoms with E-state index < -0.39 is 53.7 Å². The molecule has 170 valence electrons. The van der Waals surface area contributed by atoms with Gasteiger partial charge in [-0.05, 0) is 25.0 Å². The summed E-state index contributed by atoms with van der Waals surface area (Å²) in [5.41, 5.74) is -0.714. The zero-order valence-electron chi connectivity index (χ0n) is 17.8. The topological polar surface area (TPSA) is 114 Å². The predicted octanol–water partition coefficient (Wildman–Crippen LogP) is 2.16. The molecular formula is C20H30O9S. The van der Waals surface area contributed by atoms with E-state index in [0.29, 0.717) is 5.75 Å². The van der Waals surface area contributed by atoms with Crippen molar-refractivity contribution in [3.8, 4) is 0 Å². The maximum absolute atomic E-state index is 11.7. The van der Waals surface area contributed by atoms with Crippen molar-refractivity contribution in [3.05, 3.63) is 12.7 Å². The van der Waals surface area contributed by atoms with Gasteiger partial charge in [0, 0.05) is 27.7 Å². The second-order valence-electron chi connectivity index (χ2n) is 6.72. The molecule has 1 saturated heterocycles. The van der Waals surface area contributed by atoms with Gasteiger partial charge < -0.3 is 23.7 Å². The van der Waals surface area contributed by atoms with Gasteiger partial charge in [0.2, 0.25) is 0 Å². The molecule has 9 nitrogen and oxygen atoms in total. The Hall–Kier alpha value is -2.07. The number of hydrogen-bond acceptors (Lipinski definition) is 10. The van der Waals surface area contributed by atoms with E-state index in [9.17, 15) is 19.2 Å². The van der Waals surface area contributed by atoms with E-state index in [1.165, 1.54) is 39.5 Å². The van der Waals surface area contributed by atoms with Gasteiger partial charge in [-0.2, -0.15) is 0 Å². The Morgan fingerprint density at radius 2 is 1.43 bits per heavy atom. The van der Waals surface area contributed by atoms with Crippen LogP contribution in [0.1, 0.15) is 47.0 Å². The van der Waals surface area contributed by atoms with Crippen LogP contribution in [0.4, 0.5) is 0 Å². The number of unbranched alkanes of at least 4 members (excludes halogenated alkanes) is 2. The molecule has 1 aliphatic heterocycles.